The number of hydrogen-bond acceptors (Lipinski definition) is 6. The fraction of sp³-hybridized carbons (Fsp3) is 0.176. The van der Waals surface area contributed by atoms with Crippen LogP contribution in [0.25, 0.3) is 0 Å². The molecule has 114 valence electrons. The Balaban J connectivity index is 2.24. The molecule has 5 nitrogen and oxygen atoms in total. The highest BCUT2D eigenvalue weighted by atomic mass is 32.2. The van der Waals surface area contributed by atoms with Crippen molar-refractivity contribution in [2.24, 2.45) is 0 Å². The van der Waals surface area contributed by atoms with Crippen molar-refractivity contribution in [3.05, 3.63) is 52.1 Å². The molecule has 0 spiro atoms. The summed E-state index contributed by atoms with van der Waals surface area (Å²) in [5.74, 6) is 0.172. The number of carbonyl (C=O) groups excluding carboxylic acids is 1. The maximum absolute atomic E-state index is 12.2. The van der Waals surface area contributed by atoms with Gasteiger partial charge in [0, 0.05) is 5.56 Å². The van der Waals surface area contributed by atoms with Crippen molar-refractivity contribution in [3.63, 3.8) is 0 Å². The van der Waals surface area contributed by atoms with Gasteiger partial charge in [-0.25, -0.2) is 4.98 Å². The minimum absolute atomic E-state index is 0.0544. The normalized spacial score (nSPS) is 9.91. The van der Waals surface area contributed by atoms with Crippen LogP contribution in [-0.4, -0.2) is 16.5 Å². The number of hydrogen-bond donors (Lipinski definition) is 1. The van der Waals surface area contributed by atoms with Crippen LogP contribution in [0.4, 0.5) is 5.82 Å². The summed E-state index contributed by atoms with van der Waals surface area (Å²) >= 11 is 1.15. The molecule has 0 aliphatic rings. The van der Waals surface area contributed by atoms with E-state index in [1.54, 1.807) is 19.1 Å². The van der Waals surface area contributed by atoms with E-state index in [2.05, 4.69) is 4.98 Å². The molecule has 0 amide bonds. The number of nitriles is 2. The van der Waals surface area contributed by atoms with Gasteiger partial charge in [-0.1, -0.05) is 41.6 Å². The highest BCUT2D eigenvalue weighted by molar-refractivity contribution is 8.00. The zero-order valence-electron chi connectivity index (χ0n) is 12.8. The van der Waals surface area contributed by atoms with Crippen molar-refractivity contribution in [2.75, 3.05) is 11.5 Å². The zero-order chi connectivity index (χ0) is 17.0. The SMILES string of the molecule is Cc1ccc(C(=O)CSc2nc(N)c(C#N)c(C)c2C#N)cc1. The Bertz CT molecular complexity index is 845. The Morgan fingerprint density at radius 3 is 2.35 bits per heavy atom. The second-order valence-corrected chi connectivity index (χ2v) is 5.94. The number of thioether (sulfide) groups is 1. The molecule has 1 aromatic heterocycles. The van der Waals surface area contributed by atoms with E-state index in [1.165, 1.54) is 0 Å². The molecule has 0 unspecified atom stereocenters. The number of Topliss-reactive ketones (excluding diaryl/α,β-unsaturated/α-hetero) is 1. The van der Waals surface area contributed by atoms with E-state index in [0.717, 1.165) is 17.3 Å². The van der Waals surface area contributed by atoms with Crippen LogP contribution in [0.5, 0.6) is 0 Å². The van der Waals surface area contributed by atoms with Gasteiger partial charge in [-0.2, -0.15) is 10.5 Å². The maximum Gasteiger partial charge on any atom is 0.173 e. The van der Waals surface area contributed by atoms with E-state index >= 15 is 0 Å². The first-order valence-electron chi connectivity index (χ1n) is 6.80. The summed E-state index contributed by atoms with van der Waals surface area (Å²) in [6, 6.07) is 11.3. The van der Waals surface area contributed by atoms with Gasteiger partial charge < -0.3 is 5.73 Å². The lowest BCUT2D eigenvalue weighted by molar-refractivity contribution is 0.102. The lowest BCUT2D eigenvalue weighted by atomic mass is 10.1. The van der Waals surface area contributed by atoms with Crippen molar-refractivity contribution in [1.29, 1.82) is 10.5 Å². The van der Waals surface area contributed by atoms with Crippen LogP contribution in [0.15, 0.2) is 29.3 Å². The largest absolute Gasteiger partial charge is 0.383 e. The average molecular weight is 322 g/mol. The van der Waals surface area contributed by atoms with Gasteiger partial charge in [0.1, 0.15) is 23.0 Å². The van der Waals surface area contributed by atoms with Gasteiger partial charge in [-0.05, 0) is 19.4 Å². The first-order chi connectivity index (χ1) is 11.0. The Morgan fingerprint density at radius 1 is 1.17 bits per heavy atom. The van der Waals surface area contributed by atoms with Crippen LogP contribution in [0.3, 0.4) is 0 Å². The van der Waals surface area contributed by atoms with Crippen molar-refractivity contribution < 1.29 is 4.79 Å². The standard InChI is InChI=1S/C17H14N4OS/c1-10-3-5-12(6-4-10)15(22)9-23-17-14(8-19)11(2)13(7-18)16(20)21-17/h3-6H,9H2,1-2H3,(H2,20,21). The van der Waals surface area contributed by atoms with E-state index in [0.29, 0.717) is 16.2 Å². The van der Waals surface area contributed by atoms with Crippen LogP contribution in [0.1, 0.15) is 32.6 Å². The summed E-state index contributed by atoms with van der Waals surface area (Å²) in [7, 11) is 0. The van der Waals surface area contributed by atoms with Crippen molar-refractivity contribution in [2.45, 2.75) is 18.9 Å². The van der Waals surface area contributed by atoms with Gasteiger partial charge in [0.2, 0.25) is 0 Å². The first-order valence-corrected chi connectivity index (χ1v) is 7.79. The Morgan fingerprint density at radius 2 is 1.78 bits per heavy atom. The summed E-state index contributed by atoms with van der Waals surface area (Å²) in [4.78, 5) is 16.3. The van der Waals surface area contributed by atoms with Gasteiger partial charge in [0.25, 0.3) is 0 Å². The molecular formula is C17H14N4OS. The minimum Gasteiger partial charge on any atom is -0.383 e. The second-order valence-electron chi connectivity index (χ2n) is 4.98. The van der Waals surface area contributed by atoms with Crippen LogP contribution in [0, 0.1) is 36.5 Å². The third-order valence-electron chi connectivity index (χ3n) is 3.38. The van der Waals surface area contributed by atoms with E-state index < -0.39 is 0 Å². The fourth-order valence-corrected chi connectivity index (χ4v) is 2.97. The average Bonchev–Trinajstić information content (AvgIpc) is 2.53. The van der Waals surface area contributed by atoms with Crippen LogP contribution in [-0.2, 0) is 0 Å². The summed E-state index contributed by atoms with van der Waals surface area (Å²) < 4.78 is 0. The number of nitrogens with two attached hydrogens (primary N) is 1. The quantitative estimate of drug-likeness (QED) is 0.685. The molecule has 6 heteroatoms. The van der Waals surface area contributed by atoms with Gasteiger partial charge in [-0.15, -0.1) is 0 Å². The first kappa shape index (κ1) is 16.5. The van der Waals surface area contributed by atoms with Gasteiger partial charge in [0.15, 0.2) is 5.78 Å². The molecule has 0 saturated carbocycles. The van der Waals surface area contributed by atoms with Crippen molar-refractivity contribution in [3.8, 4) is 12.1 Å². The van der Waals surface area contributed by atoms with E-state index in [9.17, 15) is 10.1 Å². The third-order valence-corrected chi connectivity index (χ3v) is 4.35. The molecule has 0 aliphatic carbocycles. The van der Waals surface area contributed by atoms with Crippen LogP contribution in [0.2, 0.25) is 0 Å². The number of carbonyl (C=O) groups is 1. The number of benzene rings is 1. The van der Waals surface area contributed by atoms with Gasteiger partial charge in [0.05, 0.1) is 16.9 Å². The molecular weight excluding hydrogens is 308 g/mol. The Kier molecular flexibility index (Phi) is 5.00. The summed E-state index contributed by atoms with van der Waals surface area (Å²) in [5.41, 5.74) is 8.43. The number of aryl methyl sites for hydroxylation is 1. The maximum atomic E-state index is 12.2. The van der Waals surface area contributed by atoms with E-state index in [4.69, 9.17) is 11.0 Å². The molecule has 0 saturated heterocycles. The molecule has 1 heterocycles. The predicted octanol–water partition coefficient (Wildman–Crippen LogP) is 3.00. The number of pyridine rings is 1. The molecule has 0 aliphatic heterocycles. The molecule has 1 aromatic carbocycles. The van der Waals surface area contributed by atoms with Crippen LogP contribution < -0.4 is 5.73 Å². The van der Waals surface area contributed by atoms with Gasteiger partial charge >= 0.3 is 0 Å². The van der Waals surface area contributed by atoms with E-state index in [1.807, 2.05) is 31.2 Å². The molecule has 2 N–H and O–H groups in total. The number of rotatable bonds is 4. The minimum atomic E-state index is -0.0544. The molecule has 0 bridgehead atoms. The highest BCUT2D eigenvalue weighted by Crippen LogP contribution is 2.28. The topological polar surface area (TPSA) is 104 Å². The lowest BCUT2D eigenvalue weighted by Gasteiger charge is -2.09. The lowest BCUT2D eigenvalue weighted by Crippen LogP contribution is -2.06. The molecule has 0 fully saturated rings. The molecule has 2 rings (SSSR count). The number of anilines is 1. The van der Waals surface area contributed by atoms with Gasteiger partial charge in [-0.3, -0.25) is 4.79 Å². The Hall–Kier alpha value is -2.83. The van der Waals surface area contributed by atoms with Crippen LogP contribution >= 0.6 is 11.8 Å². The van der Waals surface area contributed by atoms with Crippen molar-refractivity contribution in [1.82, 2.24) is 4.98 Å². The fourth-order valence-electron chi connectivity index (χ4n) is 2.03. The molecule has 2 aromatic rings. The molecule has 0 radical (unpaired) electrons. The number of ketones is 1. The molecule has 23 heavy (non-hydrogen) atoms. The monoisotopic (exact) mass is 322 g/mol. The number of nitrogen functional groups attached to an aromatic ring is 1. The van der Waals surface area contributed by atoms with Crippen molar-refractivity contribution >= 4 is 23.4 Å². The highest BCUT2D eigenvalue weighted by Gasteiger charge is 2.17. The second kappa shape index (κ2) is 6.95. The summed E-state index contributed by atoms with van der Waals surface area (Å²) in [6.45, 7) is 3.61. The zero-order valence-corrected chi connectivity index (χ0v) is 13.6. The predicted molar refractivity (Wildman–Crippen MR) is 89.0 cm³/mol. The summed E-state index contributed by atoms with van der Waals surface area (Å²) in [6.07, 6.45) is 0. The Labute approximate surface area is 138 Å². The smallest absolute Gasteiger partial charge is 0.173 e. The third kappa shape index (κ3) is 3.50. The molecule has 0 atom stereocenters. The number of nitrogens with zero attached hydrogens (tertiary/aromatic N) is 3. The number of aromatic nitrogens is 1. The van der Waals surface area contributed by atoms with E-state index in [-0.39, 0.29) is 28.5 Å². The summed E-state index contributed by atoms with van der Waals surface area (Å²) in [5, 5.41) is 18.7.